The van der Waals surface area contributed by atoms with Gasteiger partial charge in [0.15, 0.2) is 0 Å². The third kappa shape index (κ3) is 19.0. The van der Waals surface area contributed by atoms with Crippen molar-refractivity contribution in [2.45, 2.75) is 65.5 Å². The first kappa shape index (κ1) is 30.2. The number of nitrogens with one attached hydrogen (secondary N) is 2. The van der Waals surface area contributed by atoms with Crippen molar-refractivity contribution >= 4 is 24.4 Å². The predicted octanol–water partition coefficient (Wildman–Crippen LogP) is 2.01. The Bertz CT molecular complexity index is 493. The molecule has 29 heavy (non-hydrogen) atoms. The summed E-state index contributed by atoms with van der Waals surface area (Å²) in [5.41, 5.74) is -0.635. The molecule has 0 aliphatic heterocycles. The van der Waals surface area contributed by atoms with Crippen LogP contribution in [0.15, 0.2) is 12.7 Å². The molecule has 0 saturated carbocycles. The van der Waals surface area contributed by atoms with Crippen LogP contribution in [0.4, 0.5) is 4.79 Å². The van der Waals surface area contributed by atoms with E-state index in [1.807, 2.05) is 13.8 Å². The Morgan fingerprint density at radius 2 is 1.79 bits per heavy atom. The summed E-state index contributed by atoms with van der Waals surface area (Å²) >= 11 is 0. The summed E-state index contributed by atoms with van der Waals surface area (Å²) in [6.45, 7) is 12.8. The zero-order valence-electron chi connectivity index (χ0n) is 17.8. The normalized spacial score (nSPS) is 10.7. The van der Waals surface area contributed by atoms with Gasteiger partial charge in [-0.05, 0) is 33.6 Å². The Labute approximate surface area is 167 Å². The van der Waals surface area contributed by atoms with Crippen LogP contribution in [0.25, 0.3) is 0 Å². The fourth-order valence-corrected chi connectivity index (χ4v) is 1.67. The van der Waals surface area contributed by atoms with Gasteiger partial charge >= 0.3 is 18.0 Å². The molecule has 0 fully saturated rings. The fraction of sp³-hybridized carbons (Fsp3) is 0.684. The van der Waals surface area contributed by atoms with E-state index in [9.17, 15) is 19.2 Å². The van der Waals surface area contributed by atoms with Crippen LogP contribution in [0.3, 0.4) is 0 Å². The number of rotatable bonds is 12. The predicted molar refractivity (Wildman–Crippen MR) is 104 cm³/mol. The SMILES string of the molecule is C=CCOC(=O)CCCOC(=O)C(CCNC(=O)OC(C)(C)C)N[C-]=O.CC.[Fm]. The van der Waals surface area contributed by atoms with Crippen LogP contribution in [0, 0.1) is 0 Å². The Morgan fingerprint density at radius 1 is 1.17 bits per heavy atom. The zero-order valence-corrected chi connectivity index (χ0v) is 20.2. The van der Waals surface area contributed by atoms with E-state index in [1.165, 1.54) is 12.5 Å². The van der Waals surface area contributed by atoms with Crippen molar-refractivity contribution < 1.29 is 33.4 Å². The monoisotopic (exact) mass is 658 g/mol. The van der Waals surface area contributed by atoms with Crippen molar-refractivity contribution in [3.05, 3.63) is 12.7 Å². The number of carbonyl (C=O) groups excluding carboxylic acids is 4. The molecule has 2 N–H and O–H groups in total. The number of carbonyl (C=O) groups is 3. The Balaban J connectivity index is -0.00000218. The molecule has 0 bridgehead atoms. The molecule has 0 rings (SSSR count). The smallest absolute Gasteiger partial charge is 0.407 e. The minimum atomic E-state index is -0.963. The number of alkyl carbamates (subject to hydrolysis) is 1. The van der Waals surface area contributed by atoms with Gasteiger partial charge in [-0.1, -0.05) is 26.5 Å². The van der Waals surface area contributed by atoms with Crippen LogP contribution in [-0.4, -0.2) is 55.8 Å². The van der Waals surface area contributed by atoms with Gasteiger partial charge in [-0.15, -0.1) is 0 Å². The zero-order chi connectivity index (χ0) is 22.0. The van der Waals surface area contributed by atoms with Gasteiger partial charge in [0.05, 0.1) is 12.6 Å². The van der Waals surface area contributed by atoms with E-state index in [0.717, 1.165) is 0 Å². The fourth-order valence-electron chi connectivity index (χ4n) is 1.67. The van der Waals surface area contributed by atoms with E-state index in [1.54, 1.807) is 20.8 Å². The molecule has 1 atom stereocenters. The molecule has 0 aromatic heterocycles. The molecule has 0 spiro atoms. The van der Waals surface area contributed by atoms with Crippen LogP contribution in [0.5, 0.6) is 0 Å². The summed E-state index contributed by atoms with van der Waals surface area (Å²) in [5, 5.41) is 4.68. The summed E-state index contributed by atoms with van der Waals surface area (Å²) in [6.07, 6.45) is 2.74. The average molecular weight is 658 g/mol. The van der Waals surface area contributed by atoms with Crippen molar-refractivity contribution in [2.24, 2.45) is 0 Å². The van der Waals surface area contributed by atoms with E-state index in [0.29, 0.717) is 0 Å². The molecule has 10 heteroatoms. The van der Waals surface area contributed by atoms with Gasteiger partial charge in [0.25, 0.3) is 0 Å². The van der Waals surface area contributed by atoms with Crippen LogP contribution < -0.4 is 10.6 Å². The standard InChI is InChI=1S/C17H27N2O7.C2H6.Fm/c1-5-10-24-14(21)7-6-11-25-15(22)13(19-12-20)8-9-18-16(23)26-17(2,3)4;1-2;/h5,13H,1,6-11H2,2-4H3,(H,18,23)(H,19,20);1-2H3;/q-1;;. The number of hydrogen-bond acceptors (Lipinski definition) is 7. The topological polar surface area (TPSA) is 120 Å². The summed E-state index contributed by atoms with van der Waals surface area (Å²) in [5.74, 6) is -1.10. The van der Waals surface area contributed by atoms with Gasteiger partial charge < -0.3 is 29.6 Å². The minimum Gasteiger partial charge on any atom is -0.520 e. The van der Waals surface area contributed by atoms with Crippen LogP contribution in [0.2, 0.25) is 0 Å². The Morgan fingerprint density at radius 3 is 2.31 bits per heavy atom. The molecule has 1 unspecified atom stereocenters. The Kier molecular flexibility index (Phi) is 18.5. The van der Waals surface area contributed by atoms with Crippen molar-refractivity contribution in [1.29, 1.82) is 0 Å². The van der Waals surface area contributed by atoms with Gasteiger partial charge in [-0.25, -0.2) is 9.59 Å². The maximum absolute atomic E-state index is 11.9. The van der Waals surface area contributed by atoms with Crippen LogP contribution >= 0.6 is 0 Å². The summed E-state index contributed by atoms with van der Waals surface area (Å²) in [7, 11) is 0. The number of ether oxygens (including phenoxy) is 3. The second-order valence-electron chi connectivity index (χ2n) is 6.26. The maximum Gasteiger partial charge on any atom is 0.407 e. The van der Waals surface area contributed by atoms with Crippen molar-refractivity contribution in [3.63, 3.8) is 0 Å². The largest absolute Gasteiger partial charge is 0.520 e. The molecule has 0 heterocycles. The second kappa shape index (κ2) is 17.8. The average Bonchev–Trinajstić information content (AvgIpc) is 2.62. The van der Waals surface area contributed by atoms with E-state index in [-0.39, 0.29) is 39.0 Å². The number of esters is 2. The first-order valence-corrected chi connectivity index (χ1v) is 9.22. The van der Waals surface area contributed by atoms with E-state index in [2.05, 4.69) is 17.2 Å². The molecule has 0 aliphatic rings. The molecule has 0 aliphatic carbocycles. The maximum atomic E-state index is 11.9. The summed E-state index contributed by atoms with van der Waals surface area (Å²) in [6, 6.07) is -0.963. The number of amides is 2. The summed E-state index contributed by atoms with van der Waals surface area (Å²) in [4.78, 5) is 45.2. The molecule has 0 radical (unpaired) electrons. The molecular formula is C19H33FmN2O7-. The third-order valence-electron chi connectivity index (χ3n) is 2.75. The minimum absolute atomic E-state index is 0. The Hall–Kier alpha value is -3.58. The molecular weight excluding hydrogens is 625 g/mol. The molecule has 0 aromatic carbocycles. The van der Waals surface area contributed by atoms with Crippen LogP contribution in [-0.2, 0) is 28.6 Å². The van der Waals surface area contributed by atoms with Crippen molar-refractivity contribution in [2.75, 3.05) is 19.8 Å². The second-order valence-corrected chi connectivity index (χ2v) is 6.26. The number of hydrogen-bond donors (Lipinski definition) is 2. The first-order chi connectivity index (χ1) is 13.2. The quantitative estimate of drug-likeness (QED) is 0.0823. The van der Waals surface area contributed by atoms with Crippen molar-refractivity contribution in [3.8, 4) is 0 Å². The third-order valence-corrected chi connectivity index (χ3v) is 2.75. The van der Waals surface area contributed by atoms with Crippen molar-refractivity contribution in [1.82, 2.24) is 10.6 Å². The molecule has 174 valence electrons. The first-order valence-electron chi connectivity index (χ1n) is 9.22. The van der Waals surface area contributed by atoms with Gasteiger partial charge in [-0.2, -0.15) is 6.41 Å². The van der Waals surface area contributed by atoms with Gasteiger partial charge in [0, 0.05) is 13.0 Å². The van der Waals surface area contributed by atoms with Gasteiger partial charge in [0.2, 0.25) is 0 Å². The van der Waals surface area contributed by atoms with E-state index >= 15 is 0 Å². The molecule has 2 amide bonds. The molecule has 9 nitrogen and oxygen atoms in total. The van der Waals surface area contributed by atoms with Gasteiger partial charge in [0.1, 0.15) is 12.2 Å². The van der Waals surface area contributed by atoms with E-state index in [4.69, 9.17) is 14.2 Å². The summed E-state index contributed by atoms with van der Waals surface area (Å²) < 4.78 is 14.8. The van der Waals surface area contributed by atoms with E-state index < -0.39 is 29.7 Å². The van der Waals surface area contributed by atoms with Gasteiger partial charge in [-0.3, -0.25) is 4.79 Å². The molecule has 0 saturated heterocycles. The van der Waals surface area contributed by atoms with Crippen LogP contribution in [0.1, 0.15) is 53.9 Å². The molecule has 0 aromatic rings.